The summed E-state index contributed by atoms with van der Waals surface area (Å²) in [6.45, 7) is 4.52. The van der Waals surface area contributed by atoms with Gasteiger partial charge in [-0.15, -0.1) is 0 Å². The van der Waals surface area contributed by atoms with Crippen LogP contribution >= 0.6 is 11.6 Å². The summed E-state index contributed by atoms with van der Waals surface area (Å²) in [5.74, 6) is -1.03. The number of hydrogen-bond acceptors (Lipinski definition) is 5. The Morgan fingerprint density at radius 2 is 1.76 bits per heavy atom. The molecule has 0 saturated carbocycles. The van der Waals surface area contributed by atoms with Crippen molar-refractivity contribution in [1.29, 1.82) is 0 Å². The van der Waals surface area contributed by atoms with E-state index in [9.17, 15) is 18.8 Å². The smallest absolute Gasteiger partial charge is 0.338 e. The predicted molar refractivity (Wildman–Crippen MR) is 138 cm³/mol. The molecule has 1 unspecified atom stereocenters. The molecule has 0 aliphatic carbocycles. The van der Waals surface area contributed by atoms with E-state index in [1.165, 1.54) is 29.2 Å². The first-order chi connectivity index (χ1) is 17.8. The molecule has 196 valence electrons. The fourth-order valence-electron chi connectivity index (χ4n) is 4.62. The molecule has 2 aliphatic heterocycles. The van der Waals surface area contributed by atoms with Crippen molar-refractivity contribution in [2.75, 3.05) is 46.4 Å². The van der Waals surface area contributed by atoms with Crippen molar-refractivity contribution in [3.8, 4) is 0 Å². The zero-order valence-electron chi connectivity index (χ0n) is 20.9. The van der Waals surface area contributed by atoms with Crippen LogP contribution in [0.25, 0.3) is 0 Å². The van der Waals surface area contributed by atoms with Crippen molar-refractivity contribution >= 4 is 29.5 Å². The number of nitrogens with zero attached hydrogens (tertiary/aromatic N) is 3. The molecule has 2 aliphatic rings. The first-order valence-corrected chi connectivity index (χ1v) is 12.6. The van der Waals surface area contributed by atoms with Crippen LogP contribution < -0.4 is 5.32 Å². The molecule has 8 nitrogen and oxygen atoms in total. The Morgan fingerprint density at radius 3 is 2.43 bits per heavy atom. The first kappa shape index (κ1) is 26.6. The molecule has 10 heteroatoms. The van der Waals surface area contributed by atoms with E-state index in [2.05, 4.69) is 10.2 Å². The Hall–Kier alpha value is -3.43. The van der Waals surface area contributed by atoms with E-state index in [1.54, 1.807) is 43.1 Å². The highest BCUT2D eigenvalue weighted by Gasteiger charge is 2.37. The highest BCUT2D eigenvalue weighted by Crippen LogP contribution is 2.32. The molecule has 0 spiro atoms. The van der Waals surface area contributed by atoms with E-state index in [-0.39, 0.29) is 24.4 Å². The lowest BCUT2D eigenvalue weighted by atomic mass is 9.94. The zero-order valence-corrected chi connectivity index (χ0v) is 21.6. The fourth-order valence-corrected chi connectivity index (χ4v) is 4.75. The Labute approximate surface area is 220 Å². The van der Waals surface area contributed by atoms with E-state index in [4.69, 9.17) is 16.3 Å². The first-order valence-electron chi connectivity index (χ1n) is 12.3. The maximum Gasteiger partial charge on any atom is 0.338 e. The van der Waals surface area contributed by atoms with E-state index < -0.39 is 12.0 Å². The summed E-state index contributed by atoms with van der Waals surface area (Å²) in [5.41, 5.74) is 2.09. The highest BCUT2D eigenvalue weighted by atomic mass is 35.5. The maximum absolute atomic E-state index is 13.3. The summed E-state index contributed by atoms with van der Waals surface area (Å²) in [6.07, 6.45) is 0.714. The van der Waals surface area contributed by atoms with Gasteiger partial charge in [0.15, 0.2) is 0 Å². The number of esters is 1. The Morgan fingerprint density at radius 1 is 1.05 bits per heavy atom. The van der Waals surface area contributed by atoms with Gasteiger partial charge in [-0.25, -0.2) is 14.0 Å². The second-order valence-electron chi connectivity index (χ2n) is 9.00. The van der Waals surface area contributed by atoms with E-state index in [1.807, 2.05) is 0 Å². The Balaban J connectivity index is 1.58. The average molecular weight is 529 g/mol. The van der Waals surface area contributed by atoms with Crippen LogP contribution in [0.4, 0.5) is 9.18 Å². The van der Waals surface area contributed by atoms with Crippen LogP contribution in [0.15, 0.2) is 59.8 Å². The standard InChI is InChI=1S/C27H30ClFN4O4/c1-3-37-26(35)23-22(31(2)27(36)30-24(23)18-5-9-20(28)10-6-18)17-32-13-4-14-33(16-15-32)25(34)19-7-11-21(29)12-8-19/h5-12,24H,3-4,13-17H2,1-2H3,(H,30,36). The lowest BCUT2D eigenvalue weighted by molar-refractivity contribution is -0.139. The lowest BCUT2D eigenvalue weighted by Crippen LogP contribution is -2.49. The van der Waals surface area contributed by atoms with Crippen molar-refractivity contribution < 1.29 is 23.5 Å². The molecule has 1 N–H and O–H groups in total. The van der Waals surface area contributed by atoms with Gasteiger partial charge in [-0.2, -0.15) is 0 Å². The van der Waals surface area contributed by atoms with Gasteiger partial charge in [-0.3, -0.25) is 14.6 Å². The van der Waals surface area contributed by atoms with Gasteiger partial charge in [0.2, 0.25) is 0 Å². The van der Waals surface area contributed by atoms with Crippen molar-refractivity contribution in [2.45, 2.75) is 19.4 Å². The van der Waals surface area contributed by atoms with Crippen molar-refractivity contribution in [2.24, 2.45) is 0 Å². The SMILES string of the molecule is CCOC(=O)C1=C(CN2CCCN(C(=O)c3ccc(F)cc3)CC2)N(C)C(=O)NC1c1ccc(Cl)cc1. The normalized spacial score (nSPS) is 18.9. The van der Waals surface area contributed by atoms with Gasteiger partial charge in [0.1, 0.15) is 5.82 Å². The van der Waals surface area contributed by atoms with E-state index in [0.717, 1.165) is 5.56 Å². The van der Waals surface area contributed by atoms with Gasteiger partial charge in [0.25, 0.3) is 5.91 Å². The largest absolute Gasteiger partial charge is 0.463 e. The average Bonchev–Trinajstić information content (AvgIpc) is 3.13. The summed E-state index contributed by atoms with van der Waals surface area (Å²) in [4.78, 5) is 44.3. The van der Waals surface area contributed by atoms with Crippen LogP contribution in [-0.4, -0.2) is 79.0 Å². The molecule has 0 radical (unpaired) electrons. The predicted octanol–water partition coefficient (Wildman–Crippen LogP) is 3.84. The minimum absolute atomic E-state index is 0.148. The topological polar surface area (TPSA) is 82.2 Å². The summed E-state index contributed by atoms with van der Waals surface area (Å²) in [7, 11) is 1.63. The molecular formula is C27H30ClFN4O4. The Bertz CT molecular complexity index is 1190. The van der Waals surface area contributed by atoms with Crippen LogP contribution in [0.2, 0.25) is 5.02 Å². The summed E-state index contributed by atoms with van der Waals surface area (Å²) in [5, 5.41) is 3.45. The number of nitrogens with one attached hydrogen (secondary N) is 1. The van der Waals surface area contributed by atoms with Gasteiger partial charge in [0.05, 0.1) is 18.2 Å². The van der Waals surface area contributed by atoms with Gasteiger partial charge < -0.3 is 15.0 Å². The van der Waals surface area contributed by atoms with Crippen LogP contribution in [0.5, 0.6) is 0 Å². The third-order valence-corrected chi connectivity index (χ3v) is 6.87. The number of benzene rings is 2. The Kier molecular flexibility index (Phi) is 8.45. The monoisotopic (exact) mass is 528 g/mol. The van der Waals surface area contributed by atoms with Crippen molar-refractivity contribution in [3.05, 3.63) is 81.8 Å². The number of urea groups is 1. The molecule has 1 atom stereocenters. The van der Waals surface area contributed by atoms with E-state index in [0.29, 0.717) is 61.0 Å². The minimum atomic E-state index is -0.682. The van der Waals surface area contributed by atoms with Crippen molar-refractivity contribution in [3.63, 3.8) is 0 Å². The van der Waals surface area contributed by atoms with Crippen LogP contribution in [0.1, 0.15) is 35.3 Å². The highest BCUT2D eigenvalue weighted by molar-refractivity contribution is 6.30. The second kappa shape index (κ2) is 11.7. The van der Waals surface area contributed by atoms with E-state index >= 15 is 0 Å². The lowest BCUT2D eigenvalue weighted by Gasteiger charge is -2.36. The molecule has 1 fully saturated rings. The minimum Gasteiger partial charge on any atom is -0.463 e. The number of likely N-dealkylation sites (N-methyl/N-ethyl adjacent to an activating group) is 1. The fraction of sp³-hybridized carbons (Fsp3) is 0.370. The molecule has 37 heavy (non-hydrogen) atoms. The number of rotatable bonds is 6. The molecule has 0 bridgehead atoms. The number of halogens is 2. The molecule has 2 aromatic carbocycles. The number of carbonyl (C=O) groups excluding carboxylic acids is 3. The van der Waals surface area contributed by atoms with Crippen LogP contribution in [0, 0.1) is 5.82 Å². The second-order valence-corrected chi connectivity index (χ2v) is 9.44. The van der Waals surface area contributed by atoms with Gasteiger partial charge in [-0.05, 0) is 55.3 Å². The van der Waals surface area contributed by atoms with Crippen LogP contribution in [-0.2, 0) is 9.53 Å². The van der Waals surface area contributed by atoms with Crippen LogP contribution in [0.3, 0.4) is 0 Å². The van der Waals surface area contributed by atoms with Gasteiger partial charge in [0, 0.05) is 56.1 Å². The molecule has 2 aromatic rings. The maximum atomic E-state index is 13.3. The summed E-state index contributed by atoms with van der Waals surface area (Å²) in [6, 6.07) is 11.5. The number of hydrogen-bond donors (Lipinski definition) is 1. The molecule has 0 aromatic heterocycles. The van der Waals surface area contributed by atoms with Crippen molar-refractivity contribution in [1.82, 2.24) is 20.0 Å². The molecule has 3 amide bonds. The zero-order chi connectivity index (χ0) is 26.5. The summed E-state index contributed by atoms with van der Waals surface area (Å²) >= 11 is 6.05. The number of amides is 3. The molecule has 4 rings (SSSR count). The molecule has 1 saturated heterocycles. The quantitative estimate of drug-likeness (QED) is 0.576. The third kappa shape index (κ3) is 6.11. The number of ether oxygens (including phenoxy) is 1. The number of carbonyl (C=O) groups is 3. The molecule has 2 heterocycles. The van der Waals surface area contributed by atoms with Gasteiger partial charge in [-0.1, -0.05) is 23.7 Å². The van der Waals surface area contributed by atoms with Gasteiger partial charge >= 0.3 is 12.0 Å². The molecular weight excluding hydrogens is 499 g/mol. The summed E-state index contributed by atoms with van der Waals surface area (Å²) < 4.78 is 18.7. The third-order valence-electron chi connectivity index (χ3n) is 6.62.